The van der Waals surface area contributed by atoms with Crippen molar-refractivity contribution in [3.63, 3.8) is 0 Å². The third-order valence-corrected chi connectivity index (χ3v) is 5.17. The van der Waals surface area contributed by atoms with E-state index in [1.54, 1.807) is 28.0 Å². The Kier molecular flexibility index (Phi) is 5.89. The molecule has 1 aromatic rings. The molecule has 1 aliphatic carbocycles. The van der Waals surface area contributed by atoms with Crippen molar-refractivity contribution in [1.29, 1.82) is 0 Å². The Hall–Kier alpha value is -2.11. The maximum atomic E-state index is 13.6. The first kappa shape index (κ1) is 17.7. The lowest BCUT2D eigenvalue weighted by atomic mass is 10.1. The lowest BCUT2D eigenvalue weighted by molar-refractivity contribution is -0.132. The van der Waals surface area contributed by atoms with E-state index >= 15 is 0 Å². The predicted octanol–water partition coefficient (Wildman–Crippen LogP) is 2.55. The van der Waals surface area contributed by atoms with Crippen LogP contribution in [0, 0.1) is 5.82 Å². The first-order valence-corrected chi connectivity index (χ1v) is 9.20. The fraction of sp³-hybridized carbons (Fsp3) is 0.579. The van der Waals surface area contributed by atoms with Crippen LogP contribution in [0.25, 0.3) is 0 Å². The standard InChI is InChI=1S/C19H26FN3O2/c20-17-8-4-1-5-15(17)9-10-18(24)22-11-13-23(14-12-22)19(25)21-16-6-2-3-7-16/h1,4-5,8,16H,2-3,6-7,9-14H2,(H,21,25). The van der Waals surface area contributed by atoms with Gasteiger partial charge in [-0.2, -0.15) is 0 Å². The van der Waals surface area contributed by atoms with Gasteiger partial charge in [0.1, 0.15) is 5.82 Å². The lowest BCUT2D eigenvalue weighted by Gasteiger charge is -2.35. The molecule has 1 saturated carbocycles. The molecule has 0 aromatic heterocycles. The number of piperazine rings is 1. The number of amides is 3. The second-order valence-electron chi connectivity index (χ2n) is 6.89. The topological polar surface area (TPSA) is 52.7 Å². The van der Waals surface area contributed by atoms with Crippen molar-refractivity contribution in [2.24, 2.45) is 0 Å². The Balaban J connectivity index is 1.41. The van der Waals surface area contributed by atoms with Gasteiger partial charge in [0.25, 0.3) is 0 Å². The zero-order valence-electron chi connectivity index (χ0n) is 14.5. The zero-order chi connectivity index (χ0) is 17.6. The fourth-order valence-electron chi connectivity index (χ4n) is 3.60. The van der Waals surface area contributed by atoms with Crippen LogP contribution in [0.3, 0.4) is 0 Å². The lowest BCUT2D eigenvalue weighted by Crippen LogP contribution is -2.54. The molecule has 0 atom stereocenters. The average molecular weight is 347 g/mol. The van der Waals surface area contributed by atoms with Gasteiger partial charge in [-0.25, -0.2) is 9.18 Å². The molecule has 2 aliphatic rings. The van der Waals surface area contributed by atoms with Crippen molar-refractivity contribution in [3.05, 3.63) is 35.6 Å². The number of hydrogen-bond acceptors (Lipinski definition) is 2. The summed E-state index contributed by atoms with van der Waals surface area (Å²) in [4.78, 5) is 28.1. The largest absolute Gasteiger partial charge is 0.339 e. The minimum atomic E-state index is -0.260. The second-order valence-corrected chi connectivity index (χ2v) is 6.89. The second kappa shape index (κ2) is 8.32. The van der Waals surface area contributed by atoms with Gasteiger partial charge in [0, 0.05) is 38.6 Å². The molecule has 1 aromatic carbocycles. The molecule has 0 spiro atoms. The minimum absolute atomic E-state index is 0.00893. The maximum absolute atomic E-state index is 13.6. The van der Waals surface area contributed by atoms with E-state index in [1.807, 2.05) is 0 Å². The maximum Gasteiger partial charge on any atom is 0.317 e. The molecule has 0 unspecified atom stereocenters. The Morgan fingerprint density at radius 3 is 2.36 bits per heavy atom. The molecule has 3 amide bonds. The van der Waals surface area contributed by atoms with Gasteiger partial charge >= 0.3 is 6.03 Å². The van der Waals surface area contributed by atoms with Crippen LogP contribution in [0.4, 0.5) is 9.18 Å². The first-order chi connectivity index (χ1) is 12.1. The summed E-state index contributed by atoms with van der Waals surface area (Å²) in [5, 5.41) is 3.09. The summed E-state index contributed by atoms with van der Waals surface area (Å²) < 4.78 is 13.6. The predicted molar refractivity (Wildman–Crippen MR) is 93.7 cm³/mol. The van der Waals surface area contributed by atoms with Gasteiger partial charge in [-0.3, -0.25) is 4.79 Å². The Labute approximate surface area is 148 Å². The molecule has 1 heterocycles. The quantitative estimate of drug-likeness (QED) is 0.910. The highest BCUT2D eigenvalue weighted by Gasteiger charge is 2.26. The molecule has 0 bridgehead atoms. The van der Waals surface area contributed by atoms with E-state index in [2.05, 4.69) is 5.32 Å². The third-order valence-electron chi connectivity index (χ3n) is 5.17. The molecular formula is C19H26FN3O2. The number of urea groups is 1. The Morgan fingerprint density at radius 2 is 1.68 bits per heavy atom. The summed E-state index contributed by atoms with van der Waals surface area (Å²) in [6.45, 7) is 2.22. The van der Waals surface area contributed by atoms with Crippen LogP contribution in [-0.2, 0) is 11.2 Å². The van der Waals surface area contributed by atoms with Crippen molar-refractivity contribution >= 4 is 11.9 Å². The molecule has 1 N–H and O–H groups in total. The normalized spacial score (nSPS) is 18.4. The van der Waals surface area contributed by atoms with Crippen molar-refractivity contribution in [2.75, 3.05) is 26.2 Å². The van der Waals surface area contributed by atoms with Crippen LogP contribution < -0.4 is 5.32 Å². The summed E-state index contributed by atoms with van der Waals surface area (Å²) in [5.74, 6) is -0.234. The van der Waals surface area contributed by atoms with E-state index in [-0.39, 0.29) is 17.8 Å². The SMILES string of the molecule is O=C(CCc1ccccc1F)N1CCN(C(=O)NC2CCCC2)CC1. The zero-order valence-corrected chi connectivity index (χ0v) is 14.5. The van der Waals surface area contributed by atoms with Gasteiger partial charge in [0.15, 0.2) is 0 Å². The number of aryl methyl sites for hydroxylation is 1. The van der Waals surface area contributed by atoms with Crippen LogP contribution in [0.15, 0.2) is 24.3 Å². The van der Waals surface area contributed by atoms with Gasteiger partial charge < -0.3 is 15.1 Å². The molecule has 136 valence electrons. The minimum Gasteiger partial charge on any atom is -0.339 e. The number of rotatable bonds is 4. The van der Waals surface area contributed by atoms with E-state index in [4.69, 9.17) is 0 Å². The van der Waals surface area contributed by atoms with Crippen LogP contribution in [0.1, 0.15) is 37.7 Å². The van der Waals surface area contributed by atoms with Gasteiger partial charge in [-0.1, -0.05) is 31.0 Å². The molecule has 1 saturated heterocycles. The number of hydrogen-bond donors (Lipinski definition) is 1. The number of carbonyl (C=O) groups is 2. The molecule has 3 rings (SSSR count). The van der Waals surface area contributed by atoms with Crippen molar-refractivity contribution in [3.8, 4) is 0 Å². The first-order valence-electron chi connectivity index (χ1n) is 9.20. The molecule has 6 heteroatoms. The van der Waals surface area contributed by atoms with E-state index < -0.39 is 0 Å². The summed E-state index contributed by atoms with van der Waals surface area (Å²) in [6, 6.07) is 6.87. The fourth-order valence-corrected chi connectivity index (χ4v) is 3.60. The van der Waals surface area contributed by atoms with Gasteiger partial charge in [-0.15, -0.1) is 0 Å². The molecule has 5 nitrogen and oxygen atoms in total. The molecule has 2 fully saturated rings. The highest BCUT2D eigenvalue weighted by atomic mass is 19.1. The summed E-state index contributed by atoms with van der Waals surface area (Å²) in [6.07, 6.45) is 5.23. The number of benzene rings is 1. The average Bonchev–Trinajstić information content (AvgIpc) is 3.14. The number of nitrogens with zero attached hydrogens (tertiary/aromatic N) is 2. The molecular weight excluding hydrogens is 321 g/mol. The van der Waals surface area contributed by atoms with Crippen molar-refractivity contribution < 1.29 is 14.0 Å². The smallest absolute Gasteiger partial charge is 0.317 e. The monoisotopic (exact) mass is 347 g/mol. The van der Waals surface area contributed by atoms with E-state index in [9.17, 15) is 14.0 Å². The van der Waals surface area contributed by atoms with Crippen LogP contribution in [-0.4, -0.2) is 54.0 Å². The number of nitrogens with one attached hydrogen (secondary N) is 1. The Morgan fingerprint density at radius 1 is 1.04 bits per heavy atom. The summed E-state index contributed by atoms with van der Waals surface area (Å²) in [7, 11) is 0. The van der Waals surface area contributed by atoms with Crippen LogP contribution in [0.2, 0.25) is 0 Å². The highest BCUT2D eigenvalue weighted by Crippen LogP contribution is 2.18. The van der Waals surface area contributed by atoms with Crippen molar-refractivity contribution in [2.45, 2.75) is 44.6 Å². The highest BCUT2D eigenvalue weighted by molar-refractivity contribution is 5.78. The van der Waals surface area contributed by atoms with Gasteiger partial charge in [0.05, 0.1) is 0 Å². The van der Waals surface area contributed by atoms with Crippen molar-refractivity contribution in [1.82, 2.24) is 15.1 Å². The molecule has 0 radical (unpaired) electrons. The van der Waals surface area contributed by atoms with Gasteiger partial charge in [-0.05, 0) is 30.9 Å². The van der Waals surface area contributed by atoms with Crippen LogP contribution in [0.5, 0.6) is 0 Å². The van der Waals surface area contributed by atoms with E-state index in [0.717, 1.165) is 12.8 Å². The van der Waals surface area contributed by atoms with E-state index in [0.29, 0.717) is 50.6 Å². The van der Waals surface area contributed by atoms with Gasteiger partial charge in [0.2, 0.25) is 5.91 Å². The summed E-state index contributed by atoms with van der Waals surface area (Å²) >= 11 is 0. The molecule has 1 aliphatic heterocycles. The number of halogens is 1. The Bertz CT molecular complexity index is 608. The summed E-state index contributed by atoms with van der Waals surface area (Å²) in [5.41, 5.74) is 0.574. The van der Waals surface area contributed by atoms with E-state index in [1.165, 1.54) is 18.9 Å². The van der Waals surface area contributed by atoms with Crippen LogP contribution >= 0.6 is 0 Å². The third kappa shape index (κ3) is 4.71. The molecule has 25 heavy (non-hydrogen) atoms. The number of carbonyl (C=O) groups excluding carboxylic acids is 2.